The van der Waals surface area contributed by atoms with Crippen LogP contribution in [0, 0.1) is 13.8 Å². The van der Waals surface area contributed by atoms with Gasteiger partial charge in [-0.2, -0.15) is 0 Å². The first kappa shape index (κ1) is 16.0. The van der Waals surface area contributed by atoms with Gasteiger partial charge in [0, 0.05) is 5.56 Å². The van der Waals surface area contributed by atoms with Crippen molar-refractivity contribution >= 4 is 23.1 Å². The predicted octanol–water partition coefficient (Wildman–Crippen LogP) is 4.15. The van der Waals surface area contributed by atoms with Gasteiger partial charge < -0.3 is 8.94 Å². The van der Waals surface area contributed by atoms with Gasteiger partial charge in [-0.1, -0.05) is 58.6 Å². The zero-order valence-electron chi connectivity index (χ0n) is 13.5. The van der Waals surface area contributed by atoms with Gasteiger partial charge in [0.25, 0.3) is 5.89 Å². The minimum Gasteiger partial charge on any atom is -0.420 e. The summed E-state index contributed by atoms with van der Waals surface area (Å²) in [5, 5.41) is 21.4. The van der Waals surface area contributed by atoms with E-state index >= 15 is 0 Å². The van der Waals surface area contributed by atoms with Gasteiger partial charge in [-0.15, -0.1) is 20.4 Å². The molecule has 0 spiro atoms. The zero-order valence-corrected chi connectivity index (χ0v) is 15.1. The molecule has 0 N–H and O–H groups in total. The Labute approximate surface area is 151 Å². The molecule has 0 bridgehead atoms. The van der Waals surface area contributed by atoms with Crippen LogP contribution in [0.5, 0.6) is 0 Å². The second kappa shape index (κ2) is 6.77. The summed E-state index contributed by atoms with van der Waals surface area (Å²) in [4.78, 5) is 0. The Morgan fingerprint density at radius 3 is 2.64 bits per heavy atom. The molecule has 0 saturated carbocycles. The average Bonchev–Trinajstić information content (AvgIpc) is 3.33. The Hall–Kier alpha value is -2.52. The lowest BCUT2D eigenvalue weighted by Gasteiger charge is -1.98. The Kier molecular flexibility index (Phi) is 4.33. The molecule has 3 heterocycles. The molecular formula is C16H13N5O2S2. The van der Waals surface area contributed by atoms with E-state index in [1.165, 1.54) is 23.1 Å². The summed E-state index contributed by atoms with van der Waals surface area (Å²) < 4.78 is 12.0. The minimum atomic E-state index is 0.404. The van der Waals surface area contributed by atoms with Crippen LogP contribution < -0.4 is 0 Å². The highest BCUT2D eigenvalue weighted by Crippen LogP contribution is 2.34. The lowest BCUT2D eigenvalue weighted by molar-refractivity contribution is 0.399. The second-order valence-electron chi connectivity index (χ2n) is 5.21. The second-order valence-corrected chi connectivity index (χ2v) is 7.61. The van der Waals surface area contributed by atoms with Gasteiger partial charge in [0.15, 0.2) is 4.34 Å². The Bertz CT molecular complexity index is 993. The van der Waals surface area contributed by atoms with Gasteiger partial charge in [0.2, 0.25) is 5.89 Å². The van der Waals surface area contributed by atoms with E-state index in [1.807, 2.05) is 44.2 Å². The van der Waals surface area contributed by atoms with Crippen molar-refractivity contribution in [1.29, 1.82) is 0 Å². The average molecular weight is 371 g/mol. The molecule has 4 aromatic rings. The number of rotatable bonds is 5. The molecule has 0 aliphatic carbocycles. The van der Waals surface area contributed by atoms with Crippen molar-refractivity contribution in [2.24, 2.45) is 0 Å². The van der Waals surface area contributed by atoms with Crippen LogP contribution in [-0.2, 0) is 5.75 Å². The molecule has 3 aromatic heterocycles. The van der Waals surface area contributed by atoms with Crippen LogP contribution in [0.4, 0.5) is 0 Å². The van der Waals surface area contributed by atoms with Crippen molar-refractivity contribution in [3.8, 4) is 22.7 Å². The largest absolute Gasteiger partial charge is 0.420 e. The third kappa shape index (κ3) is 3.33. The molecule has 9 heteroatoms. The number of thioether (sulfide) groups is 1. The summed E-state index contributed by atoms with van der Waals surface area (Å²) in [6.07, 6.45) is 0. The summed E-state index contributed by atoms with van der Waals surface area (Å²) in [7, 11) is 0. The van der Waals surface area contributed by atoms with Crippen molar-refractivity contribution in [2.45, 2.75) is 23.9 Å². The minimum absolute atomic E-state index is 0.404. The number of aromatic nitrogens is 5. The van der Waals surface area contributed by atoms with E-state index < -0.39 is 0 Å². The van der Waals surface area contributed by atoms with Crippen LogP contribution in [0.3, 0.4) is 0 Å². The molecule has 25 heavy (non-hydrogen) atoms. The summed E-state index contributed by atoms with van der Waals surface area (Å²) in [6.45, 7) is 3.75. The summed E-state index contributed by atoms with van der Waals surface area (Å²) in [5.41, 5.74) is 2.36. The first-order chi connectivity index (χ1) is 12.2. The maximum Gasteiger partial charge on any atom is 0.253 e. The van der Waals surface area contributed by atoms with Crippen molar-refractivity contribution in [3.63, 3.8) is 0 Å². The van der Waals surface area contributed by atoms with Crippen molar-refractivity contribution in [2.75, 3.05) is 0 Å². The fourth-order valence-corrected chi connectivity index (χ4v) is 3.94. The molecule has 1 aromatic carbocycles. The maximum atomic E-state index is 5.81. The third-order valence-corrected chi connectivity index (χ3v) is 5.37. The Morgan fingerprint density at radius 1 is 1.04 bits per heavy atom. The predicted molar refractivity (Wildman–Crippen MR) is 94.2 cm³/mol. The smallest absolute Gasteiger partial charge is 0.253 e. The first-order valence-electron chi connectivity index (χ1n) is 7.48. The van der Waals surface area contributed by atoms with Gasteiger partial charge >= 0.3 is 0 Å². The number of hydrogen-bond acceptors (Lipinski definition) is 9. The highest BCUT2D eigenvalue weighted by molar-refractivity contribution is 8.00. The monoisotopic (exact) mass is 371 g/mol. The fraction of sp³-hybridized carbons (Fsp3) is 0.188. The summed E-state index contributed by atoms with van der Waals surface area (Å²) in [5.74, 6) is 2.10. The van der Waals surface area contributed by atoms with Crippen LogP contribution in [0.25, 0.3) is 22.7 Å². The van der Waals surface area contributed by atoms with E-state index in [4.69, 9.17) is 8.94 Å². The molecule has 0 unspecified atom stereocenters. The number of nitrogens with zero attached hydrogens (tertiary/aromatic N) is 5. The number of aryl methyl sites for hydroxylation is 2. The molecular weight excluding hydrogens is 358 g/mol. The normalized spacial score (nSPS) is 11.1. The van der Waals surface area contributed by atoms with Gasteiger partial charge in [-0.3, -0.25) is 0 Å². The van der Waals surface area contributed by atoms with Crippen molar-refractivity contribution in [1.82, 2.24) is 25.6 Å². The van der Waals surface area contributed by atoms with E-state index in [9.17, 15) is 0 Å². The highest BCUT2D eigenvalue weighted by Gasteiger charge is 2.22. The van der Waals surface area contributed by atoms with Gasteiger partial charge in [0.05, 0.1) is 5.75 Å². The molecule has 0 aliphatic heterocycles. The van der Waals surface area contributed by atoms with Crippen molar-refractivity contribution in [3.05, 3.63) is 47.0 Å². The van der Waals surface area contributed by atoms with Crippen LogP contribution in [0.2, 0.25) is 0 Å². The number of benzene rings is 1. The van der Waals surface area contributed by atoms with E-state index in [-0.39, 0.29) is 0 Å². The van der Waals surface area contributed by atoms with Crippen LogP contribution in [-0.4, -0.2) is 25.6 Å². The molecule has 7 nitrogen and oxygen atoms in total. The van der Waals surface area contributed by atoms with Gasteiger partial charge in [-0.05, 0) is 13.8 Å². The van der Waals surface area contributed by atoms with Crippen LogP contribution in [0.15, 0.2) is 43.6 Å². The molecule has 0 fully saturated rings. The summed E-state index contributed by atoms with van der Waals surface area (Å²) in [6, 6.07) is 9.77. The fourth-order valence-electron chi connectivity index (χ4n) is 2.29. The zero-order chi connectivity index (χ0) is 17.2. The molecule has 0 aliphatic rings. The van der Waals surface area contributed by atoms with E-state index in [2.05, 4.69) is 25.6 Å². The SMILES string of the molecule is Cc1nnc(SCc2nnc(-c3c(-c4ccccc4)noc3C)o2)s1. The van der Waals surface area contributed by atoms with Crippen molar-refractivity contribution < 1.29 is 8.94 Å². The molecule has 0 atom stereocenters. The quantitative estimate of drug-likeness (QED) is 0.483. The molecule has 0 amide bonds. The van der Waals surface area contributed by atoms with Crippen LogP contribution in [0.1, 0.15) is 16.7 Å². The van der Waals surface area contributed by atoms with Gasteiger partial charge in [0.1, 0.15) is 22.0 Å². The topological polar surface area (TPSA) is 90.7 Å². The molecule has 4 rings (SSSR count). The van der Waals surface area contributed by atoms with E-state index in [0.717, 1.165) is 20.5 Å². The Balaban J connectivity index is 1.59. The highest BCUT2D eigenvalue weighted by atomic mass is 32.2. The molecule has 0 radical (unpaired) electrons. The lowest BCUT2D eigenvalue weighted by atomic mass is 10.1. The molecule has 0 saturated heterocycles. The molecule has 126 valence electrons. The van der Waals surface area contributed by atoms with Crippen LogP contribution >= 0.6 is 23.1 Å². The van der Waals surface area contributed by atoms with E-state index in [0.29, 0.717) is 29.0 Å². The standard InChI is InChI=1S/C16H13N5O2S2/c1-9-13(14(21-23-9)11-6-4-3-5-7-11)15-19-18-12(22-15)8-24-16-20-17-10(2)25-16/h3-7H,8H2,1-2H3. The lowest BCUT2D eigenvalue weighted by Crippen LogP contribution is -1.84. The van der Waals surface area contributed by atoms with E-state index in [1.54, 1.807) is 0 Å². The third-order valence-electron chi connectivity index (χ3n) is 3.42. The maximum absolute atomic E-state index is 5.81. The Morgan fingerprint density at radius 2 is 1.88 bits per heavy atom. The van der Waals surface area contributed by atoms with Gasteiger partial charge in [-0.25, -0.2) is 0 Å². The summed E-state index contributed by atoms with van der Waals surface area (Å²) >= 11 is 3.06. The first-order valence-corrected chi connectivity index (χ1v) is 9.28. The number of hydrogen-bond donors (Lipinski definition) is 0.